The summed E-state index contributed by atoms with van der Waals surface area (Å²) in [6, 6.07) is 10.1. The average Bonchev–Trinajstić information content (AvgIpc) is 2.38. The Morgan fingerprint density at radius 3 is 1.95 bits per heavy atom. The number of carbonyl (C=O) groups is 1. The lowest BCUT2D eigenvalue weighted by atomic mass is 9.83. The molecule has 2 nitrogen and oxygen atoms in total. The largest absolute Gasteiger partial charge is 0.302 e. The maximum Gasteiger partial charge on any atom is 0.131 e. The third kappa shape index (κ3) is 5.09. The van der Waals surface area contributed by atoms with Crippen LogP contribution in [0.1, 0.15) is 40.2 Å². The fourth-order valence-corrected chi connectivity index (χ4v) is 2.72. The molecule has 0 aromatic heterocycles. The van der Waals surface area contributed by atoms with E-state index in [4.69, 9.17) is 0 Å². The summed E-state index contributed by atoms with van der Waals surface area (Å²) in [6.45, 7) is 13.8. The van der Waals surface area contributed by atoms with Crippen molar-refractivity contribution in [2.24, 2.45) is 11.8 Å². The van der Waals surface area contributed by atoms with E-state index in [1.807, 2.05) is 25.1 Å². The molecule has 112 valence electrons. The first-order chi connectivity index (χ1) is 9.37. The van der Waals surface area contributed by atoms with Gasteiger partial charge in [0.2, 0.25) is 0 Å². The van der Waals surface area contributed by atoms with Crippen LogP contribution in [0, 0.1) is 11.8 Å². The minimum absolute atomic E-state index is 0.426. The van der Waals surface area contributed by atoms with Gasteiger partial charge in [0.05, 0.1) is 5.41 Å². The Labute approximate surface area is 124 Å². The van der Waals surface area contributed by atoms with E-state index in [0.29, 0.717) is 11.8 Å². The number of hydrogen-bond donors (Lipinski definition) is 0. The molecule has 1 unspecified atom stereocenters. The highest BCUT2D eigenvalue weighted by Crippen LogP contribution is 2.23. The molecule has 0 aliphatic carbocycles. The molecule has 0 aliphatic rings. The zero-order valence-corrected chi connectivity index (χ0v) is 13.6. The Bertz CT molecular complexity index is 389. The summed E-state index contributed by atoms with van der Waals surface area (Å²) in [4.78, 5) is 14.1. The molecule has 0 spiro atoms. The number of carbonyl (C=O) groups excluding carboxylic acids is 1. The molecule has 0 saturated heterocycles. The third-order valence-electron chi connectivity index (χ3n) is 3.49. The van der Waals surface area contributed by atoms with Crippen molar-refractivity contribution in [3.63, 3.8) is 0 Å². The molecule has 0 aliphatic heterocycles. The quantitative estimate of drug-likeness (QED) is 0.673. The SMILES string of the molecule is CC(C)CN(CC(C)C)CC(C)(C=O)c1ccccc1. The lowest BCUT2D eigenvalue weighted by molar-refractivity contribution is -0.112. The minimum Gasteiger partial charge on any atom is -0.302 e. The first kappa shape index (κ1) is 16.9. The molecule has 0 heterocycles. The Balaban J connectivity index is 2.89. The molecule has 0 saturated carbocycles. The lowest BCUT2D eigenvalue weighted by Crippen LogP contribution is -2.43. The summed E-state index contributed by atoms with van der Waals surface area (Å²) >= 11 is 0. The van der Waals surface area contributed by atoms with Gasteiger partial charge in [-0.25, -0.2) is 0 Å². The van der Waals surface area contributed by atoms with E-state index in [1.165, 1.54) is 0 Å². The van der Waals surface area contributed by atoms with Crippen LogP contribution in [-0.2, 0) is 10.2 Å². The predicted octanol–water partition coefficient (Wildman–Crippen LogP) is 3.76. The first-order valence-electron chi connectivity index (χ1n) is 7.61. The van der Waals surface area contributed by atoms with Crippen molar-refractivity contribution in [2.75, 3.05) is 19.6 Å². The molecule has 2 heteroatoms. The van der Waals surface area contributed by atoms with Crippen molar-refractivity contribution < 1.29 is 4.79 Å². The molecular formula is C18H29NO. The molecule has 0 N–H and O–H groups in total. The van der Waals surface area contributed by atoms with Crippen LogP contribution < -0.4 is 0 Å². The fraction of sp³-hybridized carbons (Fsp3) is 0.611. The summed E-state index contributed by atoms with van der Waals surface area (Å²) in [5.41, 5.74) is 0.679. The van der Waals surface area contributed by atoms with E-state index in [1.54, 1.807) is 0 Å². The number of aldehydes is 1. The second kappa shape index (κ2) is 7.58. The van der Waals surface area contributed by atoms with Gasteiger partial charge in [-0.05, 0) is 24.3 Å². The van der Waals surface area contributed by atoms with Crippen molar-refractivity contribution in [3.8, 4) is 0 Å². The summed E-state index contributed by atoms with van der Waals surface area (Å²) in [5.74, 6) is 1.22. The van der Waals surface area contributed by atoms with Crippen LogP contribution in [0.4, 0.5) is 0 Å². The highest BCUT2D eigenvalue weighted by atomic mass is 16.1. The molecule has 1 aromatic carbocycles. The summed E-state index contributed by atoms with van der Waals surface area (Å²) in [6.07, 6.45) is 1.11. The van der Waals surface area contributed by atoms with E-state index < -0.39 is 5.41 Å². The van der Waals surface area contributed by atoms with Crippen LogP contribution in [0.5, 0.6) is 0 Å². The van der Waals surface area contributed by atoms with Crippen LogP contribution in [0.15, 0.2) is 30.3 Å². The van der Waals surface area contributed by atoms with Gasteiger partial charge in [0, 0.05) is 19.6 Å². The first-order valence-corrected chi connectivity index (χ1v) is 7.61. The Hall–Kier alpha value is -1.15. The number of nitrogens with zero attached hydrogens (tertiary/aromatic N) is 1. The Morgan fingerprint density at radius 2 is 1.55 bits per heavy atom. The van der Waals surface area contributed by atoms with Gasteiger partial charge in [0.15, 0.2) is 0 Å². The van der Waals surface area contributed by atoms with Crippen LogP contribution in [0.2, 0.25) is 0 Å². The summed E-state index contributed by atoms with van der Waals surface area (Å²) < 4.78 is 0. The zero-order chi connectivity index (χ0) is 15.2. The van der Waals surface area contributed by atoms with Crippen molar-refractivity contribution in [1.82, 2.24) is 4.90 Å². The average molecular weight is 275 g/mol. The topological polar surface area (TPSA) is 20.3 Å². The van der Waals surface area contributed by atoms with Crippen molar-refractivity contribution >= 4 is 6.29 Å². The van der Waals surface area contributed by atoms with Gasteiger partial charge in [-0.2, -0.15) is 0 Å². The minimum atomic E-state index is -0.426. The van der Waals surface area contributed by atoms with E-state index in [2.05, 4.69) is 44.7 Å². The normalized spacial score (nSPS) is 14.8. The molecule has 0 fully saturated rings. The van der Waals surface area contributed by atoms with Crippen molar-refractivity contribution in [1.29, 1.82) is 0 Å². The molecule has 1 aromatic rings. The molecule has 20 heavy (non-hydrogen) atoms. The van der Waals surface area contributed by atoms with Gasteiger partial charge < -0.3 is 9.69 Å². The van der Waals surface area contributed by atoms with E-state index in [9.17, 15) is 4.79 Å². The predicted molar refractivity (Wildman–Crippen MR) is 86.0 cm³/mol. The van der Waals surface area contributed by atoms with Gasteiger partial charge in [-0.1, -0.05) is 58.0 Å². The van der Waals surface area contributed by atoms with Crippen LogP contribution in [-0.4, -0.2) is 30.8 Å². The van der Waals surface area contributed by atoms with E-state index in [0.717, 1.165) is 31.5 Å². The fourth-order valence-electron chi connectivity index (χ4n) is 2.72. The van der Waals surface area contributed by atoms with Crippen molar-refractivity contribution in [2.45, 2.75) is 40.0 Å². The van der Waals surface area contributed by atoms with Gasteiger partial charge >= 0.3 is 0 Å². The zero-order valence-electron chi connectivity index (χ0n) is 13.6. The smallest absolute Gasteiger partial charge is 0.131 e. The second-order valence-electron chi connectivity index (χ2n) is 6.88. The molecule has 0 radical (unpaired) electrons. The number of benzene rings is 1. The maximum atomic E-state index is 11.7. The van der Waals surface area contributed by atoms with E-state index >= 15 is 0 Å². The van der Waals surface area contributed by atoms with Crippen molar-refractivity contribution in [3.05, 3.63) is 35.9 Å². The van der Waals surface area contributed by atoms with Crippen LogP contribution in [0.3, 0.4) is 0 Å². The second-order valence-corrected chi connectivity index (χ2v) is 6.88. The van der Waals surface area contributed by atoms with Gasteiger partial charge in [-0.3, -0.25) is 0 Å². The molecule has 1 atom stereocenters. The van der Waals surface area contributed by atoms with Crippen LogP contribution >= 0.6 is 0 Å². The Kier molecular flexibility index (Phi) is 6.41. The van der Waals surface area contributed by atoms with E-state index in [-0.39, 0.29) is 0 Å². The molecule has 1 rings (SSSR count). The van der Waals surface area contributed by atoms with Gasteiger partial charge in [0.1, 0.15) is 6.29 Å². The maximum absolute atomic E-state index is 11.7. The van der Waals surface area contributed by atoms with Gasteiger partial charge in [0.25, 0.3) is 0 Å². The highest BCUT2D eigenvalue weighted by Gasteiger charge is 2.29. The molecular weight excluding hydrogens is 246 g/mol. The monoisotopic (exact) mass is 275 g/mol. The summed E-state index contributed by atoms with van der Waals surface area (Å²) in [5, 5.41) is 0. The number of rotatable bonds is 8. The number of hydrogen-bond acceptors (Lipinski definition) is 2. The van der Waals surface area contributed by atoms with Gasteiger partial charge in [-0.15, -0.1) is 0 Å². The van der Waals surface area contributed by atoms with Crippen LogP contribution in [0.25, 0.3) is 0 Å². The summed E-state index contributed by atoms with van der Waals surface area (Å²) in [7, 11) is 0. The lowest BCUT2D eigenvalue weighted by Gasteiger charge is -2.34. The standard InChI is InChI=1S/C18H29NO/c1-15(2)11-19(12-16(3)4)13-18(5,14-20)17-9-7-6-8-10-17/h6-10,14-16H,11-13H2,1-5H3. The molecule has 0 bridgehead atoms. The third-order valence-corrected chi connectivity index (χ3v) is 3.49. The highest BCUT2D eigenvalue weighted by molar-refractivity contribution is 5.68. The Morgan fingerprint density at radius 1 is 1.05 bits per heavy atom. The molecule has 0 amide bonds.